The summed E-state index contributed by atoms with van der Waals surface area (Å²) in [7, 11) is 0. The van der Waals surface area contributed by atoms with Crippen molar-refractivity contribution in [3.63, 3.8) is 0 Å². The zero-order chi connectivity index (χ0) is 29.1. The molecule has 0 unspecified atom stereocenters. The van der Waals surface area contributed by atoms with E-state index in [-0.39, 0.29) is 22.9 Å². The van der Waals surface area contributed by atoms with Crippen molar-refractivity contribution in [1.29, 1.82) is 0 Å². The third-order valence-corrected chi connectivity index (χ3v) is 6.57. The minimum absolute atomic E-state index is 0.00285. The van der Waals surface area contributed by atoms with E-state index >= 15 is 0 Å². The number of rotatable bonds is 6. The molecule has 4 heterocycles. The first-order valence-corrected chi connectivity index (χ1v) is 12.7. The van der Waals surface area contributed by atoms with Crippen molar-refractivity contribution < 1.29 is 30.0 Å². The summed E-state index contributed by atoms with van der Waals surface area (Å²) in [4.78, 5) is 31.0. The molecule has 0 atom stereocenters. The molecule has 0 aliphatic heterocycles. The summed E-state index contributed by atoms with van der Waals surface area (Å²) < 4.78 is 3.23. The first-order chi connectivity index (χ1) is 19.7. The molecule has 0 fully saturated rings. The summed E-state index contributed by atoms with van der Waals surface area (Å²) in [6.07, 6.45) is 2.61. The molecule has 10 nitrogen and oxygen atoms in total. The zero-order valence-corrected chi connectivity index (χ0v) is 22.1. The standard InChI is InChI=1S/C15H11ClN2O3.C15H12N2O3/c16-11-3-1-9(2-4-11)8-18-13(15(20)21)6-10-5-12(19)7-17-14(10)18;18-12-6-11-7-13(15(19)20)17(14(11)16-8-12)9-10-4-2-1-3-5-10/h1-7,19H,8H2,(H,20,21);1-8,18H,9H2,(H,19,20). The predicted octanol–water partition coefficient (Wildman–Crippen LogP) is 5.63. The number of nitrogens with zero attached hydrogens (tertiary/aromatic N) is 4. The number of hydrogen-bond acceptors (Lipinski definition) is 6. The summed E-state index contributed by atoms with van der Waals surface area (Å²) in [5.41, 5.74) is 3.24. The van der Waals surface area contributed by atoms with Gasteiger partial charge in [-0.1, -0.05) is 54.1 Å². The first kappa shape index (κ1) is 27.2. The minimum atomic E-state index is -1.04. The van der Waals surface area contributed by atoms with Crippen LogP contribution in [0.3, 0.4) is 0 Å². The monoisotopic (exact) mass is 570 g/mol. The van der Waals surface area contributed by atoms with Gasteiger partial charge in [0.15, 0.2) is 0 Å². The summed E-state index contributed by atoms with van der Waals surface area (Å²) >= 11 is 5.85. The normalized spacial score (nSPS) is 10.9. The topological polar surface area (TPSA) is 151 Å². The number of benzene rings is 2. The van der Waals surface area contributed by atoms with Crippen molar-refractivity contribution in [3.8, 4) is 11.5 Å². The second-order valence-electron chi connectivity index (χ2n) is 9.17. The highest BCUT2D eigenvalue weighted by Crippen LogP contribution is 2.24. The maximum absolute atomic E-state index is 11.4. The van der Waals surface area contributed by atoms with Gasteiger partial charge in [-0.05, 0) is 47.5 Å². The van der Waals surface area contributed by atoms with Crippen molar-refractivity contribution >= 4 is 45.6 Å². The molecule has 0 spiro atoms. The molecule has 4 aromatic heterocycles. The predicted molar refractivity (Wildman–Crippen MR) is 153 cm³/mol. The number of carboxylic acids is 2. The Balaban J connectivity index is 0.000000165. The van der Waals surface area contributed by atoms with Crippen LogP contribution < -0.4 is 0 Å². The van der Waals surface area contributed by atoms with Gasteiger partial charge in [0.25, 0.3) is 0 Å². The van der Waals surface area contributed by atoms with Gasteiger partial charge in [0, 0.05) is 28.9 Å². The van der Waals surface area contributed by atoms with Crippen molar-refractivity contribution in [2.75, 3.05) is 0 Å². The molecule has 0 aliphatic carbocycles. The van der Waals surface area contributed by atoms with Crippen molar-refractivity contribution in [2.45, 2.75) is 13.1 Å². The fourth-order valence-corrected chi connectivity index (χ4v) is 4.61. The summed E-state index contributed by atoms with van der Waals surface area (Å²) in [5, 5.41) is 39.3. The van der Waals surface area contributed by atoms with Crippen LogP contribution in [0.1, 0.15) is 32.1 Å². The highest BCUT2D eigenvalue weighted by Gasteiger charge is 2.17. The summed E-state index contributed by atoms with van der Waals surface area (Å²) in [6, 6.07) is 22.8. The van der Waals surface area contributed by atoms with Gasteiger partial charge < -0.3 is 29.6 Å². The van der Waals surface area contributed by atoms with Crippen LogP contribution >= 0.6 is 11.6 Å². The highest BCUT2D eigenvalue weighted by molar-refractivity contribution is 6.30. The molecule has 4 N–H and O–H groups in total. The molecule has 0 radical (unpaired) electrons. The number of fused-ring (bicyclic) bond motifs is 2. The lowest BCUT2D eigenvalue weighted by atomic mass is 10.2. The molecule has 0 amide bonds. The Morgan fingerprint density at radius 1 is 0.659 bits per heavy atom. The van der Waals surface area contributed by atoms with Crippen molar-refractivity contribution in [1.82, 2.24) is 19.1 Å². The van der Waals surface area contributed by atoms with E-state index in [2.05, 4.69) is 9.97 Å². The van der Waals surface area contributed by atoms with Gasteiger partial charge in [-0.3, -0.25) is 0 Å². The Morgan fingerprint density at radius 3 is 1.54 bits per heavy atom. The van der Waals surface area contributed by atoms with Crippen molar-refractivity contribution in [2.24, 2.45) is 0 Å². The number of aromatic carboxylic acids is 2. The Bertz CT molecular complexity index is 1880. The van der Waals surface area contributed by atoms with E-state index in [9.17, 15) is 30.0 Å². The van der Waals surface area contributed by atoms with Gasteiger partial charge in [0.2, 0.25) is 0 Å². The number of pyridine rings is 2. The van der Waals surface area contributed by atoms with Crippen LogP contribution in [0.5, 0.6) is 11.5 Å². The van der Waals surface area contributed by atoms with Gasteiger partial charge in [0.05, 0.1) is 12.4 Å². The minimum Gasteiger partial charge on any atom is -0.506 e. The fourth-order valence-electron chi connectivity index (χ4n) is 4.48. The molecular weight excluding hydrogens is 548 g/mol. The third-order valence-electron chi connectivity index (χ3n) is 6.31. The van der Waals surface area contributed by atoms with E-state index in [1.807, 2.05) is 42.5 Å². The smallest absolute Gasteiger partial charge is 0.352 e. The zero-order valence-electron chi connectivity index (χ0n) is 21.3. The molecule has 11 heteroatoms. The maximum atomic E-state index is 11.4. The van der Waals surface area contributed by atoms with E-state index in [0.29, 0.717) is 40.2 Å². The van der Waals surface area contributed by atoms with Gasteiger partial charge >= 0.3 is 11.9 Å². The molecule has 0 aliphatic rings. The number of hydrogen-bond donors (Lipinski definition) is 4. The average Bonchev–Trinajstić information content (AvgIpc) is 3.48. The average molecular weight is 571 g/mol. The second kappa shape index (κ2) is 11.4. The number of halogens is 1. The van der Waals surface area contributed by atoms with E-state index in [4.69, 9.17) is 11.6 Å². The largest absolute Gasteiger partial charge is 0.506 e. The molecule has 206 valence electrons. The number of aromatic nitrogens is 4. The third kappa shape index (κ3) is 5.97. The number of aromatic hydroxyl groups is 2. The molecule has 0 saturated heterocycles. The van der Waals surface area contributed by atoms with Crippen LogP contribution in [0.2, 0.25) is 5.02 Å². The SMILES string of the molecule is O=C(O)c1cc2cc(O)cnc2n1Cc1ccc(Cl)cc1.O=C(O)c1cc2cc(O)cnc2n1Cc1ccccc1. The van der Waals surface area contributed by atoms with Gasteiger partial charge in [-0.15, -0.1) is 0 Å². The Kier molecular flexibility index (Phi) is 7.57. The molecule has 41 heavy (non-hydrogen) atoms. The maximum Gasteiger partial charge on any atom is 0.352 e. The molecule has 6 rings (SSSR count). The van der Waals surface area contributed by atoms with Crippen LogP contribution in [0.4, 0.5) is 0 Å². The molecule has 2 aromatic carbocycles. The van der Waals surface area contributed by atoms with Crippen LogP contribution in [0.25, 0.3) is 22.1 Å². The molecule has 0 bridgehead atoms. The van der Waals surface area contributed by atoms with Crippen LogP contribution in [-0.4, -0.2) is 51.5 Å². The second-order valence-corrected chi connectivity index (χ2v) is 9.60. The van der Waals surface area contributed by atoms with Crippen molar-refractivity contribution in [3.05, 3.63) is 119 Å². The van der Waals surface area contributed by atoms with Gasteiger partial charge in [-0.25, -0.2) is 19.6 Å². The van der Waals surface area contributed by atoms with E-state index in [0.717, 1.165) is 11.1 Å². The van der Waals surface area contributed by atoms with Crippen LogP contribution in [0.15, 0.2) is 91.3 Å². The fraction of sp³-hybridized carbons (Fsp3) is 0.0667. The highest BCUT2D eigenvalue weighted by atomic mass is 35.5. The van der Waals surface area contributed by atoms with Gasteiger partial charge in [0.1, 0.15) is 34.2 Å². The lowest BCUT2D eigenvalue weighted by Gasteiger charge is -2.08. The lowest BCUT2D eigenvalue weighted by Crippen LogP contribution is -2.09. The quantitative estimate of drug-likeness (QED) is 0.201. The van der Waals surface area contributed by atoms with E-state index in [1.54, 1.807) is 21.3 Å². The number of carbonyl (C=O) groups is 2. The van der Waals surface area contributed by atoms with Crippen LogP contribution in [-0.2, 0) is 13.1 Å². The number of carboxylic acid groups (broad SMARTS) is 2. The van der Waals surface area contributed by atoms with E-state index in [1.165, 1.54) is 36.7 Å². The Labute approximate surface area is 238 Å². The lowest BCUT2D eigenvalue weighted by molar-refractivity contribution is 0.0675. The Morgan fingerprint density at radius 2 is 1.10 bits per heavy atom. The van der Waals surface area contributed by atoms with E-state index < -0.39 is 11.9 Å². The molecular formula is C30H23ClN4O6. The summed E-state index contributed by atoms with van der Waals surface area (Å²) in [6.45, 7) is 0.782. The van der Waals surface area contributed by atoms with Crippen LogP contribution in [0, 0.1) is 0 Å². The molecule has 0 saturated carbocycles. The molecule has 6 aromatic rings. The Hall–Kier alpha value is -5.35. The van der Waals surface area contributed by atoms with Gasteiger partial charge in [-0.2, -0.15) is 0 Å². The first-order valence-electron chi connectivity index (χ1n) is 12.3. The summed E-state index contributed by atoms with van der Waals surface area (Å²) in [5.74, 6) is -2.03.